The van der Waals surface area contributed by atoms with E-state index in [-0.39, 0.29) is 29.9 Å². The number of hydrogen-bond acceptors (Lipinski definition) is 16. The maximum atomic E-state index is 14.0. The molecule has 1 amide bonds. The molecule has 1 N–H and O–H groups in total. The molecule has 19 nitrogen and oxygen atoms in total. The molecule has 2 fully saturated rings. The van der Waals surface area contributed by atoms with Gasteiger partial charge >= 0.3 is 30.0 Å². The van der Waals surface area contributed by atoms with Gasteiger partial charge in [0.15, 0.2) is 30.9 Å². The zero-order chi connectivity index (χ0) is 49.2. The molecule has 364 valence electrons. The van der Waals surface area contributed by atoms with Crippen LogP contribution in [0.15, 0.2) is 157 Å². The highest BCUT2D eigenvalue weighted by atomic mass is 16.7. The van der Waals surface area contributed by atoms with Crippen molar-refractivity contribution in [3.05, 3.63) is 190 Å². The fourth-order valence-corrected chi connectivity index (χ4v) is 7.71. The summed E-state index contributed by atoms with van der Waals surface area (Å²) in [5.74, 6) is -3.24. The lowest BCUT2D eigenvalue weighted by molar-refractivity contribution is -0.309. The number of methoxy groups -OCH3 is 1. The second-order valence-corrected chi connectivity index (χ2v) is 15.9. The van der Waals surface area contributed by atoms with Gasteiger partial charge in [0, 0.05) is 18.9 Å². The monoisotopic (exact) mass is 958 g/mol. The highest BCUT2D eigenvalue weighted by molar-refractivity contribution is 5.91. The number of esters is 4. The van der Waals surface area contributed by atoms with Crippen LogP contribution in [-0.2, 0) is 65.4 Å². The third-order valence-corrected chi connectivity index (χ3v) is 11.1. The molecule has 5 aromatic rings. The Labute approximate surface area is 402 Å². The Morgan fingerprint density at radius 2 is 1.03 bits per heavy atom. The summed E-state index contributed by atoms with van der Waals surface area (Å²) in [5, 5.41) is 6.79. The predicted molar refractivity (Wildman–Crippen MR) is 245 cm³/mol. The van der Waals surface area contributed by atoms with Gasteiger partial charge in [-0.3, -0.25) is 4.79 Å². The highest BCUT2D eigenvalue weighted by Crippen LogP contribution is 2.34. The maximum Gasteiger partial charge on any atom is 0.407 e. The Balaban J connectivity index is 1.23. The molecule has 0 aliphatic carbocycles. The van der Waals surface area contributed by atoms with E-state index in [1.165, 1.54) is 50.4 Å². The summed E-state index contributed by atoms with van der Waals surface area (Å²) < 4.78 is 60.6. The van der Waals surface area contributed by atoms with Crippen LogP contribution in [0.2, 0.25) is 0 Å². The van der Waals surface area contributed by atoms with E-state index in [0.29, 0.717) is 5.56 Å². The van der Waals surface area contributed by atoms with E-state index in [2.05, 4.69) is 15.3 Å². The molecule has 2 aliphatic heterocycles. The van der Waals surface area contributed by atoms with Crippen LogP contribution in [0.25, 0.3) is 10.4 Å². The first-order chi connectivity index (χ1) is 34.1. The predicted octanol–water partition coefficient (Wildman–Crippen LogP) is 6.90. The van der Waals surface area contributed by atoms with Crippen LogP contribution in [0.5, 0.6) is 0 Å². The summed E-state index contributed by atoms with van der Waals surface area (Å²) in [7, 11) is 1.27. The van der Waals surface area contributed by atoms with Gasteiger partial charge in [0.25, 0.3) is 0 Å². The SMILES string of the molecule is CO[C@H]1O[C@H](COC2O[C@H](COC(C)=O)[C@H](NC(=O)OCc3ccccc3)[C@H](OCc3ccccc3)[C@H]2N=[N+]=[N-])[C@@H](OC(=O)c2ccccc2)[C@H](OC(=O)c2ccccc2)[C@H]1OC(=O)c1ccccc1. The van der Waals surface area contributed by atoms with Crippen molar-refractivity contribution in [2.45, 2.75) is 81.4 Å². The fourth-order valence-electron chi connectivity index (χ4n) is 7.71. The number of hydrogen-bond donors (Lipinski definition) is 1. The lowest BCUT2D eigenvalue weighted by atomic mass is 9.94. The van der Waals surface area contributed by atoms with Crippen LogP contribution in [0.1, 0.15) is 49.1 Å². The Morgan fingerprint density at radius 1 is 0.557 bits per heavy atom. The van der Waals surface area contributed by atoms with Crippen LogP contribution in [0.4, 0.5) is 4.79 Å². The molecule has 2 heterocycles. The van der Waals surface area contributed by atoms with Crippen LogP contribution in [0, 0.1) is 0 Å². The number of carbonyl (C=O) groups is 5. The average Bonchev–Trinajstić information content (AvgIpc) is 3.39. The maximum absolute atomic E-state index is 14.0. The van der Waals surface area contributed by atoms with Crippen molar-refractivity contribution in [2.75, 3.05) is 20.3 Å². The summed E-state index contributed by atoms with van der Waals surface area (Å²) >= 11 is 0. The molecule has 7 rings (SSSR count). The van der Waals surface area contributed by atoms with Crippen molar-refractivity contribution in [1.82, 2.24) is 5.32 Å². The van der Waals surface area contributed by atoms with E-state index < -0.39 is 104 Å². The molecule has 10 atom stereocenters. The molecule has 0 aromatic heterocycles. The van der Waals surface area contributed by atoms with Crippen LogP contribution in [0.3, 0.4) is 0 Å². The van der Waals surface area contributed by atoms with E-state index >= 15 is 0 Å². The largest absolute Gasteiger partial charge is 0.463 e. The van der Waals surface area contributed by atoms with Crippen molar-refractivity contribution < 1.29 is 71.3 Å². The van der Waals surface area contributed by atoms with Gasteiger partial charge in [0.05, 0.1) is 42.0 Å². The number of rotatable bonds is 19. The van der Waals surface area contributed by atoms with Crippen molar-refractivity contribution in [2.24, 2.45) is 5.11 Å². The number of benzene rings is 5. The minimum absolute atomic E-state index is 0.0521. The molecular formula is C51H50N4O15. The van der Waals surface area contributed by atoms with Crippen LogP contribution in [-0.4, -0.2) is 112 Å². The van der Waals surface area contributed by atoms with Gasteiger partial charge in [-0.2, -0.15) is 0 Å². The number of ether oxygens (including phenoxy) is 10. The van der Waals surface area contributed by atoms with Gasteiger partial charge in [-0.15, -0.1) is 0 Å². The van der Waals surface area contributed by atoms with Gasteiger partial charge in [-0.1, -0.05) is 120 Å². The molecule has 2 saturated heterocycles. The Kier molecular flexibility index (Phi) is 18.0. The number of carbonyl (C=O) groups excluding carboxylic acids is 5. The standard InChI is InChI=1S/C51H50N4O15/c1-32(56)62-30-38-40(53-51(60)65-29-34-20-10-4-11-21-34)43(63-28-33-18-8-3-9-19-33)41(54-55-52)49(66-38)64-31-39-42(68-46(57)35-22-12-5-13-23-35)44(69-47(58)36-24-14-6-15-25-36)45(50(61-2)67-39)70-48(59)37-26-16-7-17-27-37/h3-27,38-45,49-50H,28-31H2,1-2H3,(H,53,60)/t38-,39-,40+,41-,42-,43+,44+,45-,49?,50+/m1/s1. The van der Waals surface area contributed by atoms with Crippen molar-refractivity contribution in [3.8, 4) is 0 Å². The summed E-state index contributed by atoms with van der Waals surface area (Å²) in [6, 6.07) is 39.4. The summed E-state index contributed by atoms with van der Waals surface area (Å²) in [6.07, 6.45) is -12.6. The first-order valence-corrected chi connectivity index (χ1v) is 22.2. The third-order valence-electron chi connectivity index (χ3n) is 11.1. The average molecular weight is 959 g/mol. The van der Waals surface area contributed by atoms with Gasteiger partial charge in [0.1, 0.15) is 31.5 Å². The number of nitrogens with zero attached hydrogens (tertiary/aromatic N) is 3. The van der Waals surface area contributed by atoms with Gasteiger partial charge in [-0.05, 0) is 53.1 Å². The lowest BCUT2D eigenvalue weighted by Gasteiger charge is -2.46. The molecule has 70 heavy (non-hydrogen) atoms. The Morgan fingerprint density at radius 3 is 1.53 bits per heavy atom. The molecule has 2 aliphatic rings. The second-order valence-electron chi connectivity index (χ2n) is 15.9. The van der Waals surface area contributed by atoms with Gasteiger partial charge in [-0.25, -0.2) is 19.2 Å². The van der Waals surface area contributed by atoms with Crippen molar-refractivity contribution in [3.63, 3.8) is 0 Å². The minimum atomic E-state index is -1.62. The van der Waals surface area contributed by atoms with Crippen LogP contribution >= 0.6 is 0 Å². The normalized spacial score (nSPS) is 23.9. The fraction of sp³-hybridized carbons (Fsp3) is 0.314. The van der Waals surface area contributed by atoms with E-state index in [4.69, 9.17) is 47.4 Å². The van der Waals surface area contributed by atoms with Gasteiger partial charge in [0.2, 0.25) is 0 Å². The molecule has 1 unspecified atom stereocenters. The molecular weight excluding hydrogens is 909 g/mol. The number of amides is 1. The molecule has 19 heteroatoms. The lowest BCUT2D eigenvalue weighted by Crippen LogP contribution is -2.66. The molecule has 0 spiro atoms. The third kappa shape index (κ3) is 13.5. The van der Waals surface area contributed by atoms with E-state index in [0.717, 1.165) is 5.56 Å². The molecule has 5 aromatic carbocycles. The molecule has 0 saturated carbocycles. The van der Waals surface area contributed by atoms with Crippen LogP contribution < -0.4 is 5.32 Å². The topological polar surface area (TPSA) is 238 Å². The van der Waals surface area contributed by atoms with Gasteiger partial charge < -0.3 is 52.7 Å². The smallest absolute Gasteiger partial charge is 0.407 e. The first kappa shape index (κ1) is 50.2. The molecule has 0 bridgehead atoms. The second kappa shape index (κ2) is 25.1. The Hall–Kier alpha value is -7.64. The summed E-state index contributed by atoms with van der Waals surface area (Å²) in [6.45, 7) is 0.0278. The Bertz CT molecular complexity index is 2540. The highest BCUT2D eigenvalue weighted by Gasteiger charge is 2.54. The van der Waals surface area contributed by atoms with E-state index in [1.54, 1.807) is 103 Å². The quantitative estimate of drug-likeness (QED) is 0.0291. The molecule has 0 radical (unpaired) electrons. The van der Waals surface area contributed by atoms with E-state index in [1.807, 2.05) is 12.1 Å². The summed E-state index contributed by atoms with van der Waals surface area (Å²) in [5.41, 5.74) is 11.8. The zero-order valence-corrected chi connectivity index (χ0v) is 38.0. The summed E-state index contributed by atoms with van der Waals surface area (Å²) in [4.78, 5) is 70.4. The zero-order valence-electron chi connectivity index (χ0n) is 38.0. The number of azide groups is 1. The minimum Gasteiger partial charge on any atom is -0.463 e. The first-order valence-electron chi connectivity index (χ1n) is 22.2. The number of alkyl carbamates (subject to hydrolysis) is 1. The van der Waals surface area contributed by atoms with Crippen molar-refractivity contribution in [1.29, 1.82) is 0 Å². The van der Waals surface area contributed by atoms with Crippen molar-refractivity contribution >= 4 is 30.0 Å². The van der Waals surface area contributed by atoms with E-state index in [9.17, 15) is 29.5 Å². The number of nitrogens with one attached hydrogen (secondary N) is 1.